The third-order valence-corrected chi connectivity index (χ3v) is 7.16. The fourth-order valence-corrected chi connectivity index (χ4v) is 5.30. The molecule has 0 atom stereocenters. The van der Waals surface area contributed by atoms with Gasteiger partial charge in [0.05, 0.1) is 12.9 Å². The summed E-state index contributed by atoms with van der Waals surface area (Å²) in [5.74, 6) is 1.60. The highest BCUT2D eigenvalue weighted by Crippen LogP contribution is 2.34. The van der Waals surface area contributed by atoms with Crippen molar-refractivity contribution < 1.29 is 13.9 Å². The second-order valence-corrected chi connectivity index (χ2v) is 9.11. The smallest absolute Gasteiger partial charge is 0.222 e. The van der Waals surface area contributed by atoms with Crippen LogP contribution >= 0.6 is 0 Å². The fraction of sp³-hybridized carbons (Fsp3) is 0.640. The number of benzene rings is 1. The van der Waals surface area contributed by atoms with Gasteiger partial charge in [0.1, 0.15) is 5.58 Å². The summed E-state index contributed by atoms with van der Waals surface area (Å²) >= 11 is 0. The van der Waals surface area contributed by atoms with Gasteiger partial charge in [-0.25, -0.2) is 0 Å². The Morgan fingerprint density at radius 2 is 1.93 bits per heavy atom. The molecule has 5 heteroatoms. The molecule has 5 nitrogen and oxygen atoms in total. The number of nitrogens with one attached hydrogen (secondary N) is 1. The number of piperidine rings is 1. The zero-order valence-electron chi connectivity index (χ0n) is 18.3. The Labute approximate surface area is 180 Å². The van der Waals surface area contributed by atoms with Crippen molar-refractivity contribution in [2.45, 2.75) is 63.3 Å². The second-order valence-electron chi connectivity index (χ2n) is 9.11. The molecule has 0 spiro atoms. The molecule has 30 heavy (non-hydrogen) atoms. The lowest BCUT2D eigenvalue weighted by molar-refractivity contribution is -0.122. The number of hydrogen-bond acceptors (Lipinski definition) is 4. The van der Waals surface area contributed by atoms with Crippen molar-refractivity contribution in [3.8, 4) is 0 Å². The van der Waals surface area contributed by atoms with Crippen LogP contribution in [0, 0.1) is 5.92 Å². The van der Waals surface area contributed by atoms with Gasteiger partial charge >= 0.3 is 0 Å². The molecular formula is C25H36N2O3. The van der Waals surface area contributed by atoms with Crippen LogP contribution in [0.15, 0.2) is 34.9 Å². The van der Waals surface area contributed by atoms with Gasteiger partial charge in [0, 0.05) is 25.0 Å². The van der Waals surface area contributed by atoms with E-state index in [1.807, 2.05) is 6.26 Å². The quantitative estimate of drug-likeness (QED) is 0.682. The van der Waals surface area contributed by atoms with Gasteiger partial charge in [-0.1, -0.05) is 12.1 Å². The third-order valence-electron chi connectivity index (χ3n) is 7.16. The fourth-order valence-electron chi connectivity index (χ4n) is 5.30. The van der Waals surface area contributed by atoms with E-state index < -0.39 is 0 Å². The molecule has 2 fully saturated rings. The molecular weight excluding hydrogens is 376 g/mol. The Morgan fingerprint density at radius 1 is 1.13 bits per heavy atom. The maximum atomic E-state index is 11.9. The summed E-state index contributed by atoms with van der Waals surface area (Å²) in [6, 6.07) is 8.96. The molecule has 1 aromatic heterocycles. The van der Waals surface area contributed by atoms with Gasteiger partial charge < -0.3 is 19.4 Å². The largest absolute Gasteiger partial charge is 0.464 e. The van der Waals surface area contributed by atoms with Crippen LogP contribution in [0.25, 0.3) is 11.0 Å². The summed E-state index contributed by atoms with van der Waals surface area (Å²) in [6.07, 6.45) is 10.8. The van der Waals surface area contributed by atoms with Gasteiger partial charge in [-0.3, -0.25) is 4.79 Å². The minimum Gasteiger partial charge on any atom is -0.464 e. The second kappa shape index (κ2) is 10.5. The molecule has 1 amide bonds. The van der Waals surface area contributed by atoms with Crippen LogP contribution in [-0.2, 0) is 9.53 Å². The standard InChI is InChI=1S/C25H36N2O3/c1-29-17-13-25(28)26-21-7-5-19(6-8-21)9-14-27-15-10-20(11-16-27)22-3-2-4-24-23(22)12-18-30-24/h2-4,12,18-21H,5-11,13-17H2,1H3,(H,26,28). The summed E-state index contributed by atoms with van der Waals surface area (Å²) in [5, 5.41) is 4.47. The van der Waals surface area contributed by atoms with Gasteiger partial charge in [-0.2, -0.15) is 0 Å². The number of hydrogen-bond donors (Lipinski definition) is 1. The normalized spacial score (nSPS) is 23.6. The molecule has 2 aliphatic rings. The maximum absolute atomic E-state index is 11.9. The Bertz CT molecular complexity index is 802. The lowest BCUT2D eigenvalue weighted by atomic mass is 9.83. The summed E-state index contributed by atoms with van der Waals surface area (Å²) in [6.45, 7) is 4.13. The van der Waals surface area contributed by atoms with Crippen molar-refractivity contribution in [1.82, 2.24) is 10.2 Å². The molecule has 0 bridgehead atoms. The van der Waals surface area contributed by atoms with E-state index in [-0.39, 0.29) is 5.91 Å². The predicted molar refractivity (Wildman–Crippen MR) is 120 cm³/mol. The predicted octanol–water partition coefficient (Wildman–Crippen LogP) is 4.71. The topological polar surface area (TPSA) is 54.7 Å². The average molecular weight is 413 g/mol. The van der Waals surface area contributed by atoms with E-state index in [1.165, 1.54) is 62.7 Å². The van der Waals surface area contributed by atoms with Crippen LogP contribution in [0.3, 0.4) is 0 Å². The number of amides is 1. The minimum atomic E-state index is 0.134. The number of methoxy groups -OCH3 is 1. The van der Waals surface area contributed by atoms with Crippen LogP contribution in [0.2, 0.25) is 0 Å². The first kappa shape index (κ1) is 21.4. The molecule has 1 aromatic carbocycles. The zero-order valence-corrected chi connectivity index (χ0v) is 18.3. The molecule has 1 aliphatic carbocycles. The number of ether oxygens (including phenoxy) is 1. The van der Waals surface area contributed by atoms with Crippen LogP contribution in [0.5, 0.6) is 0 Å². The molecule has 2 aromatic rings. The molecule has 1 saturated heterocycles. The molecule has 2 heterocycles. The Morgan fingerprint density at radius 3 is 2.70 bits per heavy atom. The first-order chi connectivity index (χ1) is 14.7. The van der Waals surface area contributed by atoms with Gasteiger partial charge in [0.25, 0.3) is 0 Å². The van der Waals surface area contributed by atoms with Crippen molar-refractivity contribution in [3.63, 3.8) is 0 Å². The first-order valence-corrected chi connectivity index (χ1v) is 11.7. The lowest BCUT2D eigenvalue weighted by Crippen LogP contribution is -2.39. The van der Waals surface area contributed by atoms with E-state index in [0.29, 0.717) is 25.0 Å². The zero-order chi connectivity index (χ0) is 20.8. The number of fused-ring (bicyclic) bond motifs is 1. The number of nitrogens with zero attached hydrogens (tertiary/aromatic N) is 1. The Kier molecular flexibility index (Phi) is 7.45. The van der Waals surface area contributed by atoms with E-state index >= 15 is 0 Å². The van der Waals surface area contributed by atoms with Crippen molar-refractivity contribution in [3.05, 3.63) is 36.1 Å². The number of furan rings is 1. The molecule has 4 rings (SSSR count). The summed E-state index contributed by atoms with van der Waals surface area (Å²) in [7, 11) is 1.64. The number of rotatable bonds is 8. The molecule has 0 radical (unpaired) electrons. The lowest BCUT2D eigenvalue weighted by Gasteiger charge is -2.34. The van der Waals surface area contributed by atoms with Crippen LogP contribution in [0.1, 0.15) is 62.8 Å². The number of likely N-dealkylation sites (tertiary alicyclic amines) is 1. The molecule has 0 unspecified atom stereocenters. The highest BCUT2D eigenvalue weighted by Gasteiger charge is 2.25. The monoisotopic (exact) mass is 412 g/mol. The van der Waals surface area contributed by atoms with E-state index in [2.05, 4.69) is 34.5 Å². The van der Waals surface area contributed by atoms with Crippen molar-refractivity contribution in [2.75, 3.05) is 33.4 Å². The van der Waals surface area contributed by atoms with Crippen molar-refractivity contribution >= 4 is 16.9 Å². The Hall–Kier alpha value is -1.85. The number of carbonyl (C=O) groups is 1. The van der Waals surface area contributed by atoms with Gasteiger partial charge in [0.2, 0.25) is 5.91 Å². The number of carbonyl (C=O) groups excluding carboxylic acids is 1. The maximum Gasteiger partial charge on any atom is 0.222 e. The molecule has 1 N–H and O–H groups in total. The highest BCUT2D eigenvalue weighted by atomic mass is 16.5. The van der Waals surface area contributed by atoms with Crippen LogP contribution in [0.4, 0.5) is 0 Å². The first-order valence-electron chi connectivity index (χ1n) is 11.7. The van der Waals surface area contributed by atoms with E-state index in [0.717, 1.165) is 24.3 Å². The molecule has 1 aliphatic heterocycles. The van der Waals surface area contributed by atoms with Crippen molar-refractivity contribution in [2.24, 2.45) is 5.92 Å². The highest BCUT2D eigenvalue weighted by molar-refractivity contribution is 5.81. The minimum absolute atomic E-state index is 0.134. The summed E-state index contributed by atoms with van der Waals surface area (Å²) in [5.41, 5.74) is 2.48. The van der Waals surface area contributed by atoms with E-state index in [9.17, 15) is 4.79 Å². The van der Waals surface area contributed by atoms with Crippen molar-refractivity contribution in [1.29, 1.82) is 0 Å². The van der Waals surface area contributed by atoms with E-state index in [4.69, 9.17) is 9.15 Å². The molecule has 164 valence electrons. The average Bonchev–Trinajstić information content (AvgIpc) is 3.27. The van der Waals surface area contributed by atoms with E-state index in [1.54, 1.807) is 7.11 Å². The van der Waals surface area contributed by atoms with Gasteiger partial charge in [-0.05, 0) is 94.1 Å². The Balaban J connectivity index is 1.15. The van der Waals surface area contributed by atoms with Crippen LogP contribution in [-0.4, -0.2) is 50.2 Å². The summed E-state index contributed by atoms with van der Waals surface area (Å²) < 4.78 is 10.6. The van der Waals surface area contributed by atoms with Gasteiger partial charge in [0.15, 0.2) is 0 Å². The van der Waals surface area contributed by atoms with Gasteiger partial charge in [-0.15, -0.1) is 0 Å². The van der Waals surface area contributed by atoms with Crippen LogP contribution < -0.4 is 5.32 Å². The third kappa shape index (κ3) is 5.44. The SMILES string of the molecule is COCCC(=O)NC1CCC(CCN2CCC(c3cccc4occc34)CC2)CC1. The molecule has 1 saturated carbocycles. The summed E-state index contributed by atoms with van der Waals surface area (Å²) in [4.78, 5) is 14.5.